The summed E-state index contributed by atoms with van der Waals surface area (Å²) in [5.74, 6) is 0.539. The van der Waals surface area contributed by atoms with E-state index in [1.165, 1.54) is 0 Å². The van der Waals surface area contributed by atoms with Gasteiger partial charge in [-0.1, -0.05) is 27.2 Å². The molecule has 0 N–H and O–H groups in total. The minimum atomic E-state index is -0.174. The quantitative estimate of drug-likeness (QED) is 0.378. The van der Waals surface area contributed by atoms with Crippen molar-refractivity contribution in [3.8, 4) is 0 Å². The highest BCUT2D eigenvalue weighted by molar-refractivity contribution is 6.11. The molecule has 16 heavy (non-hydrogen) atoms. The highest BCUT2D eigenvalue weighted by Crippen LogP contribution is 2.24. The maximum atomic E-state index is 5.76. The van der Waals surface area contributed by atoms with Gasteiger partial charge in [-0.2, -0.15) is 0 Å². The zero-order chi connectivity index (χ0) is 12.0. The minimum absolute atomic E-state index is 0.0992. The van der Waals surface area contributed by atoms with Crippen molar-refractivity contribution in [2.75, 3.05) is 13.4 Å². The molecule has 0 aromatic rings. The van der Waals surface area contributed by atoms with Crippen molar-refractivity contribution in [3.63, 3.8) is 0 Å². The van der Waals surface area contributed by atoms with E-state index in [1.807, 2.05) is 0 Å². The number of ether oxygens (including phenoxy) is 3. The third-order valence-corrected chi connectivity index (χ3v) is 2.62. The largest absolute Gasteiger partial charge is 0.382 e. The molecule has 1 aliphatic rings. The molecule has 0 spiro atoms. The topological polar surface area (TPSA) is 27.7 Å². The summed E-state index contributed by atoms with van der Waals surface area (Å²) in [7, 11) is 5.76. The fraction of sp³-hybridized carbons (Fsp3) is 1.00. The van der Waals surface area contributed by atoms with Gasteiger partial charge in [-0.25, -0.2) is 0 Å². The van der Waals surface area contributed by atoms with Crippen LogP contribution in [0.4, 0.5) is 0 Å². The van der Waals surface area contributed by atoms with Crippen molar-refractivity contribution in [1.29, 1.82) is 0 Å². The lowest BCUT2D eigenvalue weighted by Gasteiger charge is -2.18. The van der Waals surface area contributed by atoms with Crippen LogP contribution in [-0.4, -0.2) is 39.5 Å². The van der Waals surface area contributed by atoms with Crippen LogP contribution in [0.3, 0.4) is 0 Å². The molecule has 0 amide bonds. The molecule has 1 saturated heterocycles. The van der Waals surface area contributed by atoms with E-state index in [0.717, 1.165) is 25.9 Å². The van der Waals surface area contributed by atoms with Crippen LogP contribution in [0.25, 0.3) is 0 Å². The second-order valence-electron chi connectivity index (χ2n) is 4.82. The SMILES string of the molecule is [B][C@H]1CC(OCOCC(C)C)[C@@H](CCC)O1. The lowest BCUT2D eigenvalue weighted by atomic mass is 9.95. The fourth-order valence-corrected chi connectivity index (χ4v) is 1.88. The van der Waals surface area contributed by atoms with Crippen LogP contribution in [0.5, 0.6) is 0 Å². The van der Waals surface area contributed by atoms with E-state index in [0.29, 0.717) is 12.7 Å². The summed E-state index contributed by atoms with van der Waals surface area (Å²) in [6.07, 6.45) is 3.10. The average molecular weight is 226 g/mol. The molecule has 0 aliphatic carbocycles. The van der Waals surface area contributed by atoms with Gasteiger partial charge >= 0.3 is 0 Å². The third-order valence-electron chi connectivity index (χ3n) is 2.62. The summed E-state index contributed by atoms with van der Waals surface area (Å²) in [6.45, 7) is 7.46. The normalized spacial score (nSPS) is 30.1. The van der Waals surface area contributed by atoms with E-state index in [1.54, 1.807) is 0 Å². The highest BCUT2D eigenvalue weighted by Gasteiger charge is 2.32. The molecular weight excluding hydrogens is 203 g/mol. The Bertz CT molecular complexity index is 187. The van der Waals surface area contributed by atoms with Crippen molar-refractivity contribution in [3.05, 3.63) is 0 Å². The molecule has 2 radical (unpaired) electrons. The lowest BCUT2D eigenvalue weighted by Crippen LogP contribution is -2.25. The van der Waals surface area contributed by atoms with Crippen molar-refractivity contribution in [2.24, 2.45) is 5.92 Å². The molecule has 0 aromatic heterocycles. The molecule has 3 atom stereocenters. The van der Waals surface area contributed by atoms with E-state index >= 15 is 0 Å². The van der Waals surface area contributed by atoms with Gasteiger partial charge in [0, 0.05) is 6.00 Å². The zero-order valence-electron chi connectivity index (χ0n) is 10.6. The van der Waals surface area contributed by atoms with Gasteiger partial charge in [-0.05, 0) is 18.8 Å². The Morgan fingerprint density at radius 2 is 2.19 bits per heavy atom. The summed E-state index contributed by atoms with van der Waals surface area (Å²) in [5.41, 5.74) is 0. The molecule has 4 heteroatoms. The Hall–Kier alpha value is -0.0551. The Balaban J connectivity index is 2.18. The summed E-state index contributed by atoms with van der Waals surface area (Å²) < 4.78 is 16.7. The van der Waals surface area contributed by atoms with Crippen molar-refractivity contribution in [1.82, 2.24) is 0 Å². The summed E-state index contributed by atoms with van der Waals surface area (Å²) >= 11 is 0. The molecule has 92 valence electrons. The van der Waals surface area contributed by atoms with Crippen molar-refractivity contribution in [2.45, 2.75) is 58.2 Å². The van der Waals surface area contributed by atoms with Gasteiger partial charge in [-0.3, -0.25) is 0 Å². The number of hydrogen-bond donors (Lipinski definition) is 0. The van der Waals surface area contributed by atoms with Gasteiger partial charge in [0.25, 0.3) is 0 Å². The fourth-order valence-electron chi connectivity index (χ4n) is 1.88. The van der Waals surface area contributed by atoms with Crippen LogP contribution in [0.15, 0.2) is 0 Å². The molecule has 0 bridgehead atoms. The van der Waals surface area contributed by atoms with Gasteiger partial charge in [0.05, 0.1) is 18.8 Å². The van der Waals surface area contributed by atoms with E-state index in [-0.39, 0.29) is 18.2 Å². The molecule has 0 saturated carbocycles. The Kier molecular flexibility index (Phi) is 6.40. The van der Waals surface area contributed by atoms with Crippen LogP contribution in [-0.2, 0) is 14.2 Å². The monoisotopic (exact) mass is 226 g/mol. The Labute approximate surface area is 100 Å². The van der Waals surface area contributed by atoms with Gasteiger partial charge in [0.1, 0.15) is 14.6 Å². The minimum Gasteiger partial charge on any atom is -0.382 e. The van der Waals surface area contributed by atoms with Crippen LogP contribution < -0.4 is 0 Å². The van der Waals surface area contributed by atoms with Crippen LogP contribution in [0.1, 0.15) is 40.0 Å². The summed E-state index contributed by atoms with van der Waals surface area (Å²) in [6, 6.07) is -0.174. The predicted molar refractivity (Wildman–Crippen MR) is 64.5 cm³/mol. The smallest absolute Gasteiger partial charge is 0.147 e. The summed E-state index contributed by atoms with van der Waals surface area (Å²) in [4.78, 5) is 0. The van der Waals surface area contributed by atoms with Gasteiger partial charge in [0.2, 0.25) is 0 Å². The van der Waals surface area contributed by atoms with E-state index in [9.17, 15) is 0 Å². The van der Waals surface area contributed by atoms with E-state index in [4.69, 9.17) is 22.1 Å². The van der Waals surface area contributed by atoms with E-state index < -0.39 is 0 Å². The molecule has 1 rings (SSSR count). The first-order valence-corrected chi connectivity index (χ1v) is 6.23. The molecule has 1 aliphatic heterocycles. The molecule has 3 nitrogen and oxygen atoms in total. The van der Waals surface area contributed by atoms with Crippen molar-refractivity contribution < 1.29 is 14.2 Å². The Morgan fingerprint density at radius 3 is 2.81 bits per heavy atom. The number of rotatable bonds is 7. The van der Waals surface area contributed by atoms with Crippen molar-refractivity contribution >= 4 is 7.85 Å². The maximum Gasteiger partial charge on any atom is 0.147 e. The second kappa shape index (κ2) is 7.31. The first-order valence-electron chi connectivity index (χ1n) is 6.23. The van der Waals surface area contributed by atoms with Gasteiger partial charge < -0.3 is 14.2 Å². The van der Waals surface area contributed by atoms with E-state index in [2.05, 4.69) is 20.8 Å². The number of hydrogen-bond acceptors (Lipinski definition) is 3. The zero-order valence-corrected chi connectivity index (χ0v) is 10.6. The van der Waals surface area contributed by atoms with Crippen LogP contribution >= 0.6 is 0 Å². The molecule has 1 unspecified atom stereocenters. The van der Waals surface area contributed by atoms with Gasteiger partial charge in [0.15, 0.2) is 0 Å². The lowest BCUT2D eigenvalue weighted by molar-refractivity contribution is -0.113. The van der Waals surface area contributed by atoms with Crippen LogP contribution in [0, 0.1) is 5.92 Å². The second-order valence-corrected chi connectivity index (χ2v) is 4.82. The third kappa shape index (κ3) is 4.85. The van der Waals surface area contributed by atoms with Gasteiger partial charge in [-0.15, -0.1) is 0 Å². The molecule has 0 aromatic carbocycles. The maximum absolute atomic E-state index is 5.76. The summed E-state index contributed by atoms with van der Waals surface area (Å²) in [5, 5.41) is 0. The highest BCUT2D eigenvalue weighted by atomic mass is 16.7. The molecular formula is C12H23BO3. The molecule has 1 heterocycles. The van der Waals surface area contributed by atoms with Crippen LogP contribution in [0.2, 0.25) is 0 Å². The standard InChI is InChI=1S/C12H23BO3/c1-4-5-10-11(6-12(13)16-10)15-8-14-7-9(2)3/h9-12H,4-8H2,1-3H3/t10-,11?,12-/m1/s1. The predicted octanol–water partition coefficient (Wildman–Crippen LogP) is 2.09. The Morgan fingerprint density at radius 1 is 1.44 bits per heavy atom. The first kappa shape index (κ1) is 14.0. The first-order chi connectivity index (χ1) is 7.63. The average Bonchev–Trinajstić information content (AvgIpc) is 2.54. The molecule has 1 fully saturated rings.